The fourth-order valence-electron chi connectivity index (χ4n) is 4.91. The van der Waals surface area contributed by atoms with Crippen molar-refractivity contribution in [1.29, 1.82) is 0 Å². The van der Waals surface area contributed by atoms with E-state index in [0.717, 1.165) is 16.7 Å². The highest BCUT2D eigenvalue weighted by Crippen LogP contribution is 2.29. The fraction of sp³-hybridized carbons (Fsp3) is 0.529. The molecular weight excluding hydrogens is 530 g/mol. The van der Waals surface area contributed by atoms with Crippen molar-refractivity contribution in [2.75, 3.05) is 6.61 Å². The molecule has 0 bridgehead atoms. The van der Waals surface area contributed by atoms with Crippen molar-refractivity contribution in [3.63, 3.8) is 0 Å². The molecule has 1 saturated heterocycles. The molecule has 1 aliphatic heterocycles. The van der Waals surface area contributed by atoms with E-state index >= 15 is 0 Å². The first-order chi connectivity index (χ1) is 19.9. The summed E-state index contributed by atoms with van der Waals surface area (Å²) >= 11 is 0. The van der Waals surface area contributed by atoms with Crippen LogP contribution < -0.4 is 16.0 Å². The maximum atomic E-state index is 13.7. The Morgan fingerprint density at radius 2 is 1.31 bits per heavy atom. The van der Waals surface area contributed by atoms with Gasteiger partial charge in [-0.25, -0.2) is 0 Å². The lowest BCUT2D eigenvalue weighted by atomic mass is 9.93. The number of aryl methyl sites for hydroxylation is 2. The normalized spacial score (nSPS) is 18.2. The van der Waals surface area contributed by atoms with Crippen LogP contribution in [0.15, 0.2) is 54.6 Å². The van der Waals surface area contributed by atoms with Crippen molar-refractivity contribution in [3.05, 3.63) is 71.3 Å². The third-order valence-electron chi connectivity index (χ3n) is 7.47. The molecule has 4 atom stereocenters. The van der Waals surface area contributed by atoms with Crippen LogP contribution >= 0.6 is 0 Å². The van der Waals surface area contributed by atoms with Crippen LogP contribution in [0.25, 0.3) is 0 Å². The van der Waals surface area contributed by atoms with Gasteiger partial charge in [-0.05, 0) is 56.1 Å². The molecule has 3 N–H and O–H groups in total. The smallest absolute Gasteiger partial charge is 0.243 e. The van der Waals surface area contributed by atoms with E-state index in [2.05, 4.69) is 16.0 Å². The first kappa shape index (κ1) is 33.0. The van der Waals surface area contributed by atoms with Crippen LogP contribution in [-0.2, 0) is 36.8 Å². The van der Waals surface area contributed by atoms with Gasteiger partial charge in [0.2, 0.25) is 17.7 Å². The number of Topliss-reactive ketones (excluding diaryl/α,β-unsaturated/α-hetero) is 1. The molecule has 228 valence electrons. The molecule has 1 heterocycles. The number of hydrogen-bond acceptors (Lipinski definition) is 5. The minimum Gasteiger partial charge on any atom is -0.361 e. The van der Waals surface area contributed by atoms with Gasteiger partial charge in [-0.3, -0.25) is 19.2 Å². The summed E-state index contributed by atoms with van der Waals surface area (Å²) in [6, 6.07) is 15.0. The number of benzene rings is 2. The van der Waals surface area contributed by atoms with Gasteiger partial charge >= 0.3 is 0 Å². The molecule has 0 radical (unpaired) electrons. The Labute approximate surface area is 250 Å². The van der Waals surface area contributed by atoms with Gasteiger partial charge in [0.25, 0.3) is 0 Å². The first-order valence-electron chi connectivity index (χ1n) is 15.0. The molecule has 3 amide bonds. The zero-order valence-corrected chi connectivity index (χ0v) is 25.9. The minimum absolute atomic E-state index is 0.131. The highest BCUT2D eigenvalue weighted by molar-refractivity contribution is 5.98. The second kappa shape index (κ2) is 15.1. The number of ketones is 1. The van der Waals surface area contributed by atoms with Gasteiger partial charge < -0.3 is 20.7 Å². The number of carbonyl (C=O) groups is 4. The number of epoxide rings is 1. The molecule has 2 aromatic rings. The third-order valence-corrected chi connectivity index (χ3v) is 7.47. The summed E-state index contributed by atoms with van der Waals surface area (Å²) in [4.78, 5) is 53.3. The van der Waals surface area contributed by atoms with Crippen LogP contribution in [0.4, 0.5) is 0 Å². The summed E-state index contributed by atoms with van der Waals surface area (Å²) in [6.07, 6.45) is 1.94. The summed E-state index contributed by atoms with van der Waals surface area (Å²) in [5, 5.41) is 8.71. The summed E-state index contributed by atoms with van der Waals surface area (Å²) in [5.41, 5.74) is 2.19. The van der Waals surface area contributed by atoms with Crippen molar-refractivity contribution in [1.82, 2.24) is 16.0 Å². The second-order valence-electron chi connectivity index (χ2n) is 12.6. The second-order valence-corrected chi connectivity index (χ2v) is 12.6. The molecule has 4 unspecified atom stereocenters. The molecule has 0 aliphatic carbocycles. The molecule has 0 aromatic heterocycles. The van der Waals surface area contributed by atoms with Gasteiger partial charge in [0, 0.05) is 12.8 Å². The summed E-state index contributed by atoms with van der Waals surface area (Å²) in [5.74, 6) is -0.952. The van der Waals surface area contributed by atoms with E-state index in [1.165, 1.54) is 0 Å². The Balaban J connectivity index is 1.73. The van der Waals surface area contributed by atoms with Gasteiger partial charge in [0.15, 0.2) is 5.78 Å². The summed E-state index contributed by atoms with van der Waals surface area (Å²) in [6.45, 7) is 12.0. The zero-order valence-electron chi connectivity index (χ0n) is 25.9. The molecule has 2 aromatic carbocycles. The number of nitrogens with one attached hydrogen (secondary N) is 3. The molecule has 1 fully saturated rings. The molecule has 0 saturated carbocycles. The molecule has 1 aliphatic rings. The summed E-state index contributed by atoms with van der Waals surface area (Å²) < 4.78 is 5.37. The number of carbonyl (C=O) groups excluding carboxylic acids is 4. The average Bonchev–Trinajstić information content (AvgIpc) is 3.69. The van der Waals surface area contributed by atoms with E-state index in [0.29, 0.717) is 25.9 Å². The van der Waals surface area contributed by atoms with Crippen LogP contribution in [0.5, 0.6) is 0 Å². The third kappa shape index (κ3) is 10.4. The van der Waals surface area contributed by atoms with Crippen molar-refractivity contribution in [2.45, 2.75) is 97.4 Å². The van der Waals surface area contributed by atoms with Crippen molar-refractivity contribution in [3.8, 4) is 0 Å². The van der Waals surface area contributed by atoms with E-state index < -0.39 is 35.5 Å². The van der Waals surface area contributed by atoms with Crippen LogP contribution in [0.1, 0.15) is 70.6 Å². The standard InChI is InChI=1S/C34H47N3O5/c1-22(2)18-27(31(39)34(6)21-42-34)36-33(41)29(20-26-10-8-7-9-11-26)37-32(40)28(19-23(3)4)35-30(38)17-16-25-14-12-24(5)13-15-25/h7-15,22-23,27-29H,16-21H2,1-6H3,(H,35,38)(H,36,41)(H,37,40). The minimum atomic E-state index is -0.936. The fourth-order valence-corrected chi connectivity index (χ4v) is 4.91. The van der Waals surface area contributed by atoms with E-state index in [4.69, 9.17) is 4.74 Å². The van der Waals surface area contributed by atoms with Crippen LogP contribution in [0, 0.1) is 18.8 Å². The number of rotatable bonds is 16. The first-order valence-corrected chi connectivity index (χ1v) is 15.0. The van der Waals surface area contributed by atoms with Crippen molar-refractivity contribution in [2.24, 2.45) is 11.8 Å². The number of ether oxygens (including phenoxy) is 1. The van der Waals surface area contributed by atoms with Gasteiger partial charge in [0.05, 0.1) is 12.6 Å². The van der Waals surface area contributed by atoms with Crippen LogP contribution in [-0.4, -0.2) is 53.8 Å². The Morgan fingerprint density at radius 1 is 0.762 bits per heavy atom. The molecular formula is C34H47N3O5. The molecule has 3 rings (SSSR count). The molecule has 0 spiro atoms. The van der Waals surface area contributed by atoms with E-state index in [1.807, 2.05) is 89.2 Å². The van der Waals surface area contributed by atoms with Gasteiger partial charge in [-0.1, -0.05) is 87.9 Å². The van der Waals surface area contributed by atoms with Crippen molar-refractivity contribution < 1.29 is 23.9 Å². The molecule has 8 nitrogen and oxygen atoms in total. The predicted molar refractivity (Wildman–Crippen MR) is 164 cm³/mol. The Kier molecular flexibility index (Phi) is 11.9. The van der Waals surface area contributed by atoms with E-state index in [-0.39, 0.29) is 36.4 Å². The van der Waals surface area contributed by atoms with Gasteiger partial charge in [0.1, 0.15) is 17.7 Å². The lowest BCUT2D eigenvalue weighted by Crippen LogP contribution is -2.57. The van der Waals surface area contributed by atoms with Crippen LogP contribution in [0.2, 0.25) is 0 Å². The van der Waals surface area contributed by atoms with Crippen molar-refractivity contribution >= 4 is 23.5 Å². The lowest BCUT2D eigenvalue weighted by Gasteiger charge is -2.27. The maximum absolute atomic E-state index is 13.7. The monoisotopic (exact) mass is 577 g/mol. The van der Waals surface area contributed by atoms with Crippen LogP contribution in [0.3, 0.4) is 0 Å². The highest BCUT2D eigenvalue weighted by atomic mass is 16.6. The Morgan fingerprint density at radius 3 is 1.88 bits per heavy atom. The molecule has 42 heavy (non-hydrogen) atoms. The zero-order chi connectivity index (χ0) is 30.9. The lowest BCUT2D eigenvalue weighted by molar-refractivity contribution is -0.134. The van der Waals surface area contributed by atoms with E-state index in [1.54, 1.807) is 6.92 Å². The molecule has 8 heteroatoms. The quantitative estimate of drug-likeness (QED) is 0.260. The van der Waals surface area contributed by atoms with E-state index in [9.17, 15) is 19.2 Å². The maximum Gasteiger partial charge on any atom is 0.243 e. The topological polar surface area (TPSA) is 117 Å². The Bertz CT molecular complexity index is 1210. The summed E-state index contributed by atoms with van der Waals surface area (Å²) in [7, 11) is 0. The number of amides is 3. The SMILES string of the molecule is Cc1ccc(CCC(=O)NC(CC(C)C)C(=O)NC(Cc2ccccc2)C(=O)NC(CC(C)C)C(=O)C2(C)CO2)cc1. The average molecular weight is 578 g/mol. The number of hydrogen-bond donors (Lipinski definition) is 3. The largest absolute Gasteiger partial charge is 0.361 e. The van der Waals surface area contributed by atoms with Gasteiger partial charge in [-0.15, -0.1) is 0 Å². The van der Waals surface area contributed by atoms with Gasteiger partial charge in [-0.2, -0.15) is 0 Å². The highest BCUT2D eigenvalue weighted by Gasteiger charge is 2.50. The Hall–Kier alpha value is -3.52. The predicted octanol–water partition coefficient (Wildman–Crippen LogP) is 4.07.